The molecule has 0 aliphatic carbocycles. The highest BCUT2D eigenvalue weighted by molar-refractivity contribution is 5.82. The second kappa shape index (κ2) is 36.0. The van der Waals surface area contributed by atoms with Crippen molar-refractivity contribution in [3.05, 3.63) is 164 Å². The molecule has 25 heteroatoms. The van der Waals surface area contributed by atoms with Crippen LogP contribution in [0, 0.1) is 17.8 Å². The van der Waals surface area contributed by atoms with Crippen LogP contribution < -0.4 is 0 Å². The molecule has 20 atom stereocenters. The van der Waals surface area contributed by atoms with Crippen molar-refractivity contribution in [2.24, 2.45) is 28.0 Å². The van der Waals surface area contributed by atoms with Crippen molar-refractivity contribution >= 4 is 29.6 Å². The molecule has 4 heterocycles. The molecule has 9 unspecified atom stereocenters. The maximum atomic E-state index is 14.2. The van der Waals surface area contributed by atoms with E-state index in [-0.39, 0.29) is 38.6 Å². The fourth-order valence-corrected chi connectivity index (χ4v) is 12.6. The zero-order valence-electron chi connectivity index (χ0n) is 54.9. The average Bonchev–Trinajstić information content (AvgIpc) is 0.768. The molecule has 0 radical (unpaired) electrons. The number of rotatable bonds is 31. The molecule has 1 amide bonds. The molecule has 4 fully saturated rings. The van der Waals surface area contributed by atoms with Crippen LogP contribution in [-0.2, 0) is 107 Å². The van der Waals surface area contributed by atoms with Gasteiger partial charge in [-0.3, -0.25) is 19.2 Å². The van der Waals surface area contributed by atoms with Gasteiger partial charge in [-0.2, -0.15) is 0 Å². The maximum Gasteiger partial charge on any atom is 0.410 e. The van der Waals surface area contributed by atoms with E-state index in [1.165, 1.54) is 27.7 Å². The van der Waals surface area contributed by atoms with Gasteiger partial charge in [0.25, 0.3) is 0 Å². The van der Waals surface area contributed by atoms with E-state index in [0.717, 1.165) is 16.7 Å². The van der Waals surface area contributed by atoms with Gasteiger partial charge in [0.15, 0.2) is 48.9 Å². The minimum atomic E-state index is -1.53. The Morgan fingerprint density at radius 1 is 0.468 bits per heavy atom. The number of hydrogen-bond acceptors (Lipinski definition) is 20. The van der Waals surface area contributed by atoms with Crippen LogP contribution in [0.25, 0.3) is 20.9 Å². The normalized spacial score (nSPS) is 30.7. The lowest BCUT2D eigenvalue weighted by Crippen LogP contribution is -2.66. The highest BCUT2D eigenvalue weighted by atomic mass is 16.8. The number of carbonyl (C=O) groups is 5. The summed E-state index contributed by atoms with van der Waals surface area (Å²) in [7, 11) is 0. The second-order valence-corrected chi connectivity index (χ2v) is 24.3. The van der Waals surface area contributed by atoms with E-state index in [1.54, 1.807) is 18.7 Å². The highest BCUT2D eigenvalue weighted by Crippen LogP contribution is 2.42. The van der Waals surface area contributed by atoms with E-state index in [9.17, 15) is 35.0 Å². The molecule has 4 saturated heterocycles. The van der Waals surface area contributed by atoms with Gasteiger partial charge in [0, 0.05) is 49.3 Å². The van der Waals surface area contributed by atoms with Crippen LogP contribution in [0.4, 0.5) is 4.79 Å². The summed E-state index contributed by atoms with van der Waals surface area (Å²) in [6, 6.07) is 35.6. The van der Waals surface area contributed by atoms with Crippen molar-refractivity contribution in [2.75, 3.05) is 13.2 Å². The van der Waals surface area contributed by atoms with E-state index < -0.39 is 146 Å². The molecule has 0 N–H and O–H groups in total. The molecule has 25 nitrogen and oxygen atoms in total. The smallest absolute Gasteiger partial charge is 0.410 e. The van der Waals surface area contributed by atoms with Crippen LogP contribution in [0.5, 0.6) is 0 Å². The van der Waals surface area contributed by atoms with E-state index in [0.29, 0.717) is 44.3 Å². The van der Waals surface area contributed by atoms with E-state index >= 15 is 0 Å². The quantitative estimate of drug-likeness (QED) is 0.0113. The summed E-state index contributed by atoms with van der Waals surface area (Å²) in [4.78, 5) is 75.2. The van der Waals surface area contributed by atoms with Gasteiger partial charge in [0.1, 0.15) is 37.1 Å². The van der Waals surface area contributed by atoms with Gasteiger partial charge in [0.05, 0.1) is 49.7 Å². The predicted octanol–water partition coefficient (Wildman–Crippen LogP) is 11.4. The number of carbonyl (C=O) groups excluding carboxylic acids is 5. The number of benzene rings is 4. The lowest BCUT2D eigenvalue weighted by molar-refractivity contribution is -0.365. The lowest BCUT2D eigenvalue weighted by atomic mass is 9.86. The number of esters is 2. The zero-order chi connectivity index (χ0) is 67.3. The Hall–Kier alpha value is -7.35. The van der Waals surface area contributed by atoms with Gasteiger partial charge in [0.2, 0.25) is 0 Å². The summed E-state index contributed by atoms with van der Waals surface area (Å²) in [5.41, 5.74) is 23.6. The van der Waals surface area contributed by atoms with E-state index in [2.05, 4.69) is 20.1 Å². The number of Topliss-reactive ketones (excluding diaryl/α,β-unsaturated/α-hetero) is 2. The summed E-state index contributed by atoms with van der Waals surface area (Å²) in [5, 5.41) is 8.34. The number of amides is 1. The molecule has 8 rings (SSSR count). The van der Waals surface area contributed by atoms with Gasteiger partial charge in [-0.05, 0) is 91.1 Å². The Balaban J connectivity index is 0.996. The van der Waals surface area contributed by atoms with Crippen LogP contribution in [0.1, 0.15) is 117 Å². The molecule has 4 aromatic carbocycles. The standard InChI is InChI=1S/C69H89N7O18/c1-10-52-57(41(3)54(72-74-70)65(88-52)82-36-26-16-25-35-76(37-48-27-17-12-18-28-48)69(81)85-40-51-33-23-15-24-34-51)92-68-64(87-47(9)80)61(84-39-50-31-21-14-22-32-50)62(60(93-68)45(7)78)94-66-55(73-75-71)42(4)58(53(11-2)89-66)91-67-63(86-46(8)79)59(43(5)56(90-67)44(6)77)83-38-49-29-19-13-20-30-49/h12-15,17-24,27-34,41-43,52-68H,10-11,16,25-26,35-40H2,1-9H3/t41?,42-,43-,52?,53?,54?,55?,56?,57+,58+,59-,60+,61?,62-,63?,64?,65+,66-,67+,68-/m1/s1. The number of ether oxygens (including phenoxy) is 13. The molecular weight excluding hydrogens is 1210 g/mol. The highest BCUT2D eigenvalue weighted by Gasteiger charge is 2.58. The number of hydrogen-bond donors (Lipinski definition) is 0. The van der Waals surface area contributed by atoms with Crippen LogP contribution in [-0.4, -0.2) is 152 Å². The molecule has 0 bridgehead atoms. The molecule has 4 aliphatic heterocycles. The maximum absolute atomic E-state index is 14.2. The molecule has 0 saturated carbocycles. The van der Waals surface area contributed by atoms with Crippen molar-refractivity contribution in [3.63, 3.8) is 0 Å². The Bertz CT molecular complexity index is 3150. The number of ketones is 2. The monoisotopic (exact) mass is 1300 g/mol. The van der Waals surface area contributed by atoms with E-state index in [1.807, 2.05) is 142 Å². The first-order valence-electron chi connectivity index (χ1n) is 32.4. The third-order valence-electron chi connectivity index (χ3n) is 17.4. The van der Waals surface area contributed by atoms with Gasteiger partial charge in [-0.1, -0.05) is 166 Å². The SMILES string of the molecule is CCC1O[C@H](OCCCCCN(Cc2ccccc2)C(=O)OCc2ccccc2)C(N=[N+]=[N-])C(C)[C@@H]1O[C@@H]1O[C@@H](C(C)=O)[C@@H](O[C@H]2OC(CC)[C@@H](O[C@@H]3OC(C(C)=O)[C@@H](C)[C@@H](OCc4ccccc4)C3OC(C)=O)[C@H](C)C2N=[N+]=[N-])C(OCc2ccccc2)C1OC(C)=O. The Morgan fingerprint density at radius 2 is 0.904 bits per heavy atom. The molecule has 94 heavy (non-hydrogen) atoms. The summed E-state index contributed by atoms with van der Waals surface area (Å²) in [6.07, 6.45) is -15.6. The third kappa shape index (κ3) is 19.4. The first-order valence-corrected chi connectivity index (χ1v) is 32.4. The van der Waals surface area contributed by atoms with Crippen molar-refractivity contribution in [1.82, 2.24) is 4.90 Å². The van der Waals surface area contributed by atoms with Crippen LogP contribution in [0.2, 0.25) is 0 Å². The Morgan fingerprint density at radius 3 is 1.38 bits per heavy atom. The van der Waals surface area contributed by atoms with Gasteiger partial charge >= 0.3 is 18.0 Å². The second-order valence-electron chi connectivity index (χ2n) is 24.3. The van der Waals surface area contributed by atoms with Crippen molar-refractivity contribution in [1.29, 1.82) is 0 Å². The number of nitrogens with zero attached hydrogens (tertiary/aromatic N) is 7. The van der Waals surface area contributed by atoms with Crippen LogP contribution in [0.15, 0.2) is 132 Å². The Kier molecular flexibility index (Phi) is 27.7. The number of unbranched alkanes of at least 4 members (excludes halogenated alkanes) is 2. The van der Waals surface area contributed by atoms with Crippen LogP contribution in [0.3, 0.4) is 0 Å². The molecule has 4 aliphatic rings. The van der Waals surface area contributed by atoms with Crippen molar-refractivity contribution in [3.8, 4) is 0 Å². The van der Waals surface area contributed by atoms with E-state index in [4.69, 9.17) is 61.6 Å². The first kappa shape index (κ1) is 72.5. The zero-order valence-corrected chi connectivity index (χ0v) is 54.9. The van der Waals surface area contributed by atoms with Crippen molar-refractivity contribution in [2.45, 2.75) is 225 Å². The Labute approximate surface area is 548 Å². The molecule has 4 aromatic rings. The fourth-order valence-electron chi connectivity index (χ4n) is 12.6. The topological polar surface area (TPSA) is 306 Å². The van der Waals surface area contributed by atoms with Gasteiger partial charge in [-0.15, -0.1) is 0 Å². The summed E-state index contributed by atoms with van der Waals surface area (Å²) >= 11 is 0. The summed E-state index contributed by atoms with van der Waals surface area (Å²) in [6.45, 7) is 15.4. The predicted molar refractivity (Wildman–Crippen MR) is 339 cm³/mol. The van der Waals surface area contributed by atoms with Gasteiger partial charge < -0.3 is 66.5 Å². The fraction of sp³-hybridized carbons (Fsp3) is 0.580. The average molecular weight is 1300 g/mol. The summed E-state index contributed by atoms with van der Waals surface area (Å²) in [5.74, 6) is -4.24. The van der Waals surface area contributed by atoms with Crippen molar-refractivity contribution < 1.29 is 85.6 Å². The summed E-state index contributed by atoms with van der Waals surface area (Å²) < 4.78 is 84.3. The molecular formula is C69H89N7O18. The largest absolute Gasteiger partial charge is 0.454 e. The lowest BCUT2D eigenvalue weighted by Gasteiger charge is -2.51. The van der Waals surface area contributed by atoms with Gasteiger partial charge in [-0.25, -0.2) is 4.79 Å². The number of azide groups is 2. The molecule has 0 aromatic heterocycles. The van der Waals surface area contributed by atoms with Crippen LogP contribution >= 0.6 is 0 Å². The third-order valence-corrected chi connectivity index (χ3v) is 17.4. The first-order chi connectivity index (χ1) is 45.4. The minimum absolute atomic E-state index is 0.0811. The molecule has 508 valence electrons. The minimum Gasteiger partial charge on any atom is -0.454 e. The molecule has 0 spiro atoms.